The third-order valence-corrected chi connectivity index (χ3v) is 6.49. The molecule has 1 aliphatic heterocycles. The average Bonchev–Trinajstić information content (AvgIpc) is 3.37. The summed E-state index contributed by atoms with van der Waals surface area (Å²) in [6, 6.07) is 15.7. The van der Waals surface area contributed by atoms with Crippen LogP contribution >= 0.6 is 0 Å². The summed E-state index contributed by atoms with van der Waals surface area (Å²) < 4.78 is 22.4. The van der Waals surface area contributed by atoms with E-state index in [1.807, 2.05) is 12.1 Å². The number of carbonyl (C=O) groups is 1. The van der Waals surface area contributed by atoms with Crippen molar-refractivity contribution in [2.75, 3.05) is 50.7 Å². The fourth-order valence-electron chi connectivity index (χ4n) is 4.29. The van der Waals surface area contributed by atoms with Crippen LogP contribution in [0.3, 0.4) is 0 Å². The predicted molar refractivity (Wildman–Crippen MR) is 137 cm³/mol. The predicted octanol–water partition coefficient (Wildman–Crippen LogP) is 5.49. The van der Waals surface area contributed by atoms with Gasteiger partial charge in [0, 0.05) is 31.3 Å². The highest BCUT2D eigenvalue weighted by atomic mass is 16.5. The zero-order valence-electron chi connectivity index (χ0n) is 20.9. The zero-order chi connectivity index (χ0) is 24.8. The minimum atomic E-state index is -0.314. The molecule has 1 N–H and O–H groups in total. The average molecular weight is 479 g/mol. The lowest BCUT2D eigenvalue weighted by molar-refractivity contribution is 0.0994. The standard InChI is InChI=1S/C28H34N2O5/c1-5-19(2)24-17-23(32-3)18-26(33-4)27(24)29-28(31)25-10-9-22(35-25)16-20-7-6-8-21(15-20)30-11-13-34-14-12-30/h6-10,15,17-19H,5,11-14,16H2,1-4H3,(H,29,31). The molecule has 0 bridgehead atoms. The Morgan fingerprint density at radius 1 is 1.09 bits per heavy atom. The molecule has 1 aliphatic rings. The monoisotopic (exact) mass is 478 g/mol. The molecule has 2 aromatic carbocycles. The van der Waals surface area contributed by atoms with E-state index in [0.29, 0.717) is 23.6 Å². The Hall–Kier alpha value is -3.45. The zero-order valence-corrected chi connectivity index (χ0v) is 20.9. The number of hydrogen-bond acceptors (Lipinski definition) is 6. The summed E-state index contributed by atoms with van der Waals surface area (Å²) in [7, 11) is 3.20. The summed E-state index contributed by atoms with van der Waals surface area (Å²) in [5.41, 5.74) is 3.92. The number of nitrogens with one attached hydrogen (secondary N) is 1. The topological polar surface area (TPSA) is 73.2 Å². The summed E-state index contributed by atoms with van der Waals surface area (Å²) in [6.07, 6.45) is 1.52. The van der Waals surface area contributed by atoms with Crippen molar-refractivity contribution in [3.05, 3.63) is 71.2 Å². The van der Waals surface area contributed by atoms with E-state index in [-0.39, 0.29) is 17.6 Å². The lowest BCUT2D eigenvalue weighted by Crippen LogP contribution is -2.36. The van der Waals surface area contributed by atoms with Gasteiger partial charge in [0.1, 0.15) is 17.3 Å². The van der Waals surface area contributed by atoms with E-state index >= 15 is 0 Å². The summed E-state index contributed by atoms with van der Waals surface area (Å²) >= 11 is 0. The molecule has 0 spiro atoms. The van der Waals surface area contributed by atoms with Crippen LogP contribution in [0.4, 0.5) is 11.4 Å². The van der Waals surface area contributed by atoms with Gasteiger partial charge in [-0.05, 0) is 53.8 Å². The second-order valence-electron chi connectivity index (χ2n) is 8.77. The first-order valence-electron chi connectivity index (χ1n) is 12.1. The second kappa shape index (κ2) is 11.3. The third kappa shape index (κ3) is 5.80. The molecule has 1 aromatic heterocycles. The lowest BCUT2D eigenvalue weighted by Gasteiger charge is -2.29. The van der Waals surface area contributed by atoms with Gasteiger partial charge in [0.2, 0.25) is 0 Å². The smallest absolute Gasteiger partial charge is 0.291 e. The van der Waals surface area contributed by atoms with Gasteiger partial charge in [-0.1, -0.05) is 26.0 Å². The molecule has 1 unspecified atom stereocenters. The molecule has 3 aromatic rings. The molecule has 0 aliphatic carbocycles. The number of benzene rings is 2. The first-order valence-corrected chi connectivity index (χ1v) is 12.1. The van der Waals surface area contributed by atoms with Gasteiger partial charge in [-0.25, -0.2) is 0 Å². The van der Waals surface area contributed by atoms with Crippen LogP contribution in [0.25, 0.3) is 0 Å². The number of furan rings is 1. The number of nitrogens with zero attached hydrogens (tertiary/aromatic N) is 1. The van der Waals surface area contributed by atoms with Crippen LogP contribution in [0.5, 0.6) is 11.5 Å². The van der Waals surface area contributed by atoms with Crippen molar-refractivity contribution in [2.24, 2.45) is 0 Å². The maximum absolute atomic E-state index is 13.1. The van der Waals surface area contributed by atoms with E-state index in [2.05, 4.69) is 48.3 Å². The fraction of sp³-hybridized carbons (Fsp3) is 0.393. The van der Waals surface area contributed by atoms with E-state index in [1.165, 1.54) is 5.69 Å². The van der Waals surface area contributed by atoms with Gasteiger partial charge in [0.15, 0.2) is 5.76 Å². The Balaban J connectivity index is 1.50. The van der Waals surface area contributed by atoms with Gasteiger partial charge in [0.25, 0.3) is 5.91 Å². The molecule has 7 nitrogen and oxygen atoms in total. The van der Waals surface area contributed by atoms with Crippen LogP contribution in [0.1, 0.15) is 53.6 Å². The molecule has 4 rings (SSSR count). The highest BCUT2D eigenvalue weighted by Gasteiger charge is 2.21. The molecule has 186 valence electrons. The van der Waals surface area contributed by atoms with Crippen LogP contribution in [0.15, 0.2) is 52.9 Å². The lowest BCUT2D eigenvalue weighted by atomic mass is 9.95. The number of morpholine rings is 1. The number of ether oxygens (including phenoxy) is 3. The van der Waals surface area contributed by atoms with Gasteiger partial charge in [0.05, 0.1) is 33.1 Å². The van der Waals surface area contributed by atoms with E-state index in [1.54, 1.807) is 26.4 Å². The van der Waals surface area contributed by atoms with E-state index < -0.39 is 0 Å². The maximum atomic E-state index is 13.1. The van der Waals surface area contributed by atoms with Gasteiger partial charge < -0.3 is 28.8 Å². The van der Waals surface area contributed by atoms with E-state index in [0.717, 1.165) is 49.6 Å². The van der Waals surface area contributed by atoms with Crippen molar-refractivity contribution in [3.8, 4) is 11.5 Å². The summed E-state index contributed by atoms with van der Waals surface area (Å²) in [5, 5.41) is 3.01. The number of rotatable bonds is 9. The molecule has 1 atom stereocenters. The normalized spacial score (nSPS) is 14.5. The van der Waals surface area contributed by atoms with E-state index in [9.17, 15) is 4.79 Å². The fourth-order valence-corrected chi connectivity index (χ4v) is 4.29. The van der Waals surface area contributed by atoms with Crippen LogP contribution in [0.2, 0.25) is 0 Å². The molecular weight excluding hydrogens is 444 g/mol. The summed E-state index contributed by atoms with van der Waals surface area (Å²) in [4.78, 5) is 15.4. The Morgan fingerprint density at radius 3 is 2.60 bits per heavy atom. The molecule has 7 heteroatoms. The Kier molecular flexibility index (Phi) is 7.98. The number of carbonyl (C=O) groups excluding carboxylic acids is 1. The molecule has 2 heterocycles. The second-order valence-corrected chi connectivity index (χ2v) is 8.77. The van der Waals surface area contributed by atoms with Crippen molar-refractivity contribution in [1.29, 1.82) is 0 Å². The van der Waals surface area contributed by atoms with Crippen LogP contribution in [0, 0.1) is 0 Å². The van der Waals surface area contributed by atoms with Gasteiger partial charge in [-0.15, -0.1) is 0 Å². The van der Waals surface area contributed by atoms with Crippen molar-refractivity contribution in [2.45, 2.75) is 32.6 Å². The van der Waals surface area contributed by atoms with Crippen LogP contribution < -0.4 is 19.7 Å². The number of anilines is 2. The Bertz CT molecular complexity index is 1150. The minimum absolute atomic E-state index is 0.209. The van der Waals surface area contributed by atoms with Crippen molar-refractivity contribution in [3.63, 3.8) is 0 Å². The largest absolute Gasteiger partial charge is 0.497 e. The molecule has 1 fully saturated rings. The maximum Gasteiger partial charge on any atom is 0.291 e. The molecular formula is C28H34N2O5. The highest BCUT2D eigenvalue weighted by molar-refractivity contribution is 6.03. The highest BCUT2D eigenvalue weighted by Crippen LogP contribution is 2.39. The first-order chi connectivity index (χ1) is 17.0. The van der Waals surface area contributed by atoms with Gasteiger partial charge >= 0.3 is 0 Å². The number of hydrogen-bond donors (Lipinski definition) is 1. The number of amides is 1. The van der Waals surface area contributed by atoms with Crippen molar-refractivity contribution in [1.82, 2.24) is 0 Å². The Morgan fingerprint density at radius 2 is 1.89 bits per heavy atom. The molecule has 0 radical (unpaired) electrons. The third-order valence-electron chi connectivity index (χ3n) is 6.49. The van der Waals surface area contributed by atoms with Crippen molar-refractivity contribution < 1.29 is 23.4 Å². The molecule has 1 saturated heterocycles. The SMILES string of the molecule is CCC(C)c1cc(OC)cc(OC)c1NC(=O)c1ccc(Cc2cccc(N3CCOCC3)c2)o1. The van der Waals surface area contributed by atoms with Crippen LogP contribution in [-0.4, -0.2) is 46.4 Å². The Labute approximate surface area is 207 Å². The quantitative estimate of drug-likeness (QED) is 0.438. The summed E-state index contributed by atoms with van der Waals surface area (Å²) in [5.74, 6) is 2.14. The van der Waals surface area contributed by atoms with Crippen LogP contribution in [-0.2, 0) is 11.2 Å². The van der Waals surface area contributed by atoms with Gasteiger partial charge in [-0.3, -0.25) is 4.79 Å². The molecule has 35 heavy (non-hydrogen) atoms. The number of methoxy groups -OCH3 is 2. The molecule has 1 amide bonds. The minimum Gasteiger partial charge on any atom is -0.497 e. The van der Waals surface area contributed by atoms with Crippen molar-refractivity contribution >= 4 is 17.3 Å². The first kappa shape index (κ1) is 24.7. The summed E-state index contributed by atoms with van der Waals surface area (Å²) in [6.45, 7) is 7.50. The molecule has 0 saturated carbocycles. The van der Waals surface area contributed by atoms with Gasteiger partial charge in [-0.2, -0.15) is 0 Å². The van der Waals surface area contributed by atoms with E-state index in [4.69, 9.17) is 18.6 Å².